The van der Waals surface area contributed by atoms with Crippen molar-refractivity contribution in [3.63, 3.8) is 0 Å². The summed E-state index contributed by atoms with van der Waals surface area (Å²) < 4.78 is 35.1. The second-order valence-electron chi connectivity index (χ2n) is 2.00. The average Bonchev–Trinajstić information content (AvgIpc) is 2.04. The fraction of sp³-hybridized carbons (Fsp3) is 0.143. The summed E-state index contributed by atoms with van der Waals surface area (Å²) in [6, 6.07) is 7.69. The van der Waals surface area contributed by atoms with Crippen LogP contribution in [0.3, 0.4) is 0 Å². The zero-order valence-corrected chi connectivity index (χ0v) is 7.85. The maximum atomic E-state index is 11.7. The van der Waals surface area contributed by atoms with Crippen LogP contribution in [0.2, 0.25) is 0 Å². The minimum Gasteiger partial charge on any atom is -0.430 e. The molecule has 0 spiro atoms. The molecule has 2 N–H and O–H groups in total. The van der Waals surface area contributed by atoms with Crippen molar-refractivity contribution < 1.29 is 23.2 Å². The first-order valence-electron chi connectivity index (χ1n) is 3.52. The Morgan fingerprint density at radius 1 is 1.07 bits per heavy atom. The fourth-order valence-corrected chi connectivity index (χ4v) is 1.18. The Bertz CT molecular complexity index is 242. The van der Waals surface area contributed by atoms with E-state index in [1.807, 2.05) is 0 Å². The first-order chi connectivity index (χ1) is 6.49. The van der Waals surface area contributed by atoms with E-state index in [4.69, 9.17) is 10.0 Å². The quantitative estimate of drug-likeness (QED) is 0.561. The molecular weight excluding hydrogens is 216 g/mol. The molecule has 0 radical (unpaired) electrons. The van der Waals surface area contributed by atoms with Gasteiger partial charge >= 0.3 is 13.2 Å². The van der Waals surface area contributed by atoms with Crippen LogP contribution < -0.4 is 0 Å². The topological polar surface area (TPSA) is 40.5 Å². The first-order valence-corrected chi connectivity index (χ1v) is 4.33. The van der Waals surface area contributed by atoms with Crippen molar-refractivity contribution in [1.82, 2.24) is 0 Å². The van der Waals surface area contributed by atoms with Gasteiger partial charge in [0.15, 0.2) is 0 Å². The smallest absolute Gasteiger partial charge is 0.430 e. The maximum absolute atomic E-state index is 11.7. The maximum Gasteiger partial charge on any atom is 0.446 e. The second kappa shape index (κ2) is 6.75. The highest BCUT2D eigenvalue weighted by Crippen LogP contribution is 2.36. The lowest BCUT2D eigenvalue weighted by atomic mass is 10.4. The minimum atomic E-state index is -4.18. The van der Waals surface area contributed by atoms with Gasteiger partial charge in [0, 0.05) is 4.90 Å². The lowest BCUT2D eigenvalue weighted by molar-refractivity contribution is -0.0328. The van der Waals surface area contributed by atoms with Gasteiger partial charge < -0.3 is 10.0 Å². The molecule has 0 saturated heterocycles. The molecule has 0 aliphatic carbocycles. The van der Waals surface area contributed by atoms with Crippen LogP contribution in [0.15, 0.2) is 35.2 Å². The van der Waals surface area contributed by atoms with Gasteiger partial charge in [-0.05, 0) is 23.9 Å². The Hall–Kier alpha value is -0.655. The molecule has 0 amide bonds. The van der Waals surface area contributed by atoms with Crippen molar-refractivity contribution in [1.29, 1.82) is 0 Å². The molecule has 0 saturated carbocycles. The summed E-state index contributed by atoms with van der Waals surface area (Å²) in [5.41, 5.74) is -4.18. The molecule has 78 valence electrons. The lowest BCUT2D eigenvalue weighted by Crippen LogP contribution is -1.98. The van der Waals surface area contributed by atoms with Crippen molar-refractivity contribution in [2.45, 2.75) is 10.4 Å². The van der Waals surface area contributed by atoms with E-state index in [0.29, 0.717) is 0 Å². The van der Waals surface area contributed by atoms with E-state index in [1.54, 1.807) is 18.2 Å². The summed E-state index contributed by atoms with van der Waals surface area (Å²) in [6.45, 7) is 0. The molecule has 0 atom stereocenters. The molecule has 0 bridgehead atoms. The highest BCUT2D eigenvalue weighted by Gasteiger charge is 2.28. The molecule has 0 aliphatic heterocycles. The summed E-state index contributed by atoms with van der Waals surface area (Å²) in [5.74, 6) is 0. The van der Waals surface area contributed by atoms with E-state index >= 15 is 0 Å². The van der Waals surface area contributed by atoms with Crippen molar-refractivity contribution >= 4 is 19.4 Å². The Morgan fingerprint density at radius 2 is 1.50 bits per heavy atom. The van der Waals surface area contributed by atoms with Gasteiger partial charge in [-0.3, -0.25) is 0 Å². The Balaban J connectivity index is 0.000000500. The van der Waals surface area contributed by atoms with Crippen LogP contribution >= 0.6 is 11.8 Å². The molecule has 1 aromatic rings. The third-order valence-electron chi connectivity index (χ3n) is 0.977. The monoisotopic (exact) mass is 224 g/mol. The predicted molar refractivity (Wildman–Crippen MR) is 49.9 cm³/mol. The number of hydrogen-bond donors (Lipinski definition) is 2. The molecule has 0 heterocycles. The molecule has 7 heteroatoms. The van der Waals surface area contributed by atoms with Gasteiger partial charge in [-0.1, -0.05) is 18.2 Å². The SMILES string of the molecule is FC(F)(F)Sc1ccccc1.OBO. The summed E-state index contributed by atoms with van der Waals surface area (Å²) in [6.07, 6.45) is 0. The summed E-state index contributed by atoms with van der Waals surface area (Å²) in [7, 11) is -0.750. The number of alkyl halides is 3. The van der Waals surface area contributed by atoms with E-state index in [9.17, 15) is 13.2 Å². The normalized spacial score (nSPS) is 10.1. The lowest BCUT2D eigenvalue weighted by Gasteiger charge is -2.03. The van der Waals surface area contributed by atoms with E-state index in [1.165, 1.54) is 12.1 Å². The van der Waals surface area contributed by atoms with Crippen LogP contribution in [0.1, 0.15) is 0 Å². The molecule has 1 aromatic carbocycles. The number of thioether (sulfide) groups is 1. The van der Waals surface area contributed by atoms with Gasteiger partial charge in [-0.15, -0.1) is 0 Å². The molecular formula is C7H8BF3O2S. The minimum absolute atomic E-state index is 0.0993. The molecule has 14 heavy (non-hydrogen) atoms. The zero-order chi connectivity index (χ0) is 11.0. The van der Waals surface area contributed by atoms with E-state index in [2.05, 4.69) is 0 Å². The number of halogens is 3. The van der Waals surface area contributed by atoms with Crippen LogP contribution in [-0.2, 0) is 0 Å². The summed E-state index contributed by atoms with van der Waals surface area (Å²) in [5, 5.41) is 14.2. The van der Waals surface area contributed by atoms with Crippen LogP contribution in [-0.4, -0.2) is 23.2 Å². The van der Waals surface area contributed by atoms with Gasteiger partial charge in [0.05, 0.1) is 0 Å². The van der Waals surface area contributed by atoms with Crippen molar-refractivity contribution in [3.05, 3.63) is 30.3 Å². The number of rotatable bonds is 1. The highest BCUT2D eigenvalue weighted by atomic mass is 32.2. The van der Waals surface area contributed by atoms with Crippen LogP contribution in [0, 0.1) is 0 Å². The Morgan fingerprint density at radius 3 is 1.86 bits per heavy atom. The van der Waals surface area contributed by atoms with Gasteiger partial charge in [-0.25, -0.2) is 0 Å². The predicted octanol–water partition coefficient (Wildman–Crippen LogP) is 1.54. The number of hydrogen-bond acceptors (Lipinski definition) is 3. The standard InChI is InChI=1S/C7H5F3S.BH3O2/c8-7(9,10)11-6-4-2-1-3-5-6;2-1-3/h1-5H;1-3H. The molecule has 0 aliphatic rings. The van der Waals surface area contributed by atoms with Crippen LogP contribution in [0.25, 0.3) is 0 Å². The third kappa shape index (κ3) is 7.97. The molecule has 0 fully saturated rings. The van der Waals surface area contributed by atoms with Crippen molar-refractivity contribution in [2.24, 2.45) is 0 Å². The van der Waals surface area contributed by atoms with Gasteiger partial charge in [0.1, 0.15) is 0 Å². The third-order valence-corrected chi connectivity index (χ3v) is 1.72. The fourth-order valence-electron chi connectivity index (χ4n) is 0.622. The van der Waals surface area contributed by atoms with Crippen molar-refractivity contribution in [2.75, 3.05) is 0 Å². The molecule has 1 rings (SSSR count). The van der Waals surface area contributed by atoms with E-state index < -0.39 is 13.2 Å². The van der Waals surface area contributed by atoms with Gasteiger partial charge in [0.25, 0.3) is 0 Å². The highest BCUT2D eigenvalue weighted by molar-refractivity contribution is 8.00. The molecule has 2 nitrogen and oxygen atoms in total. The average molecular weight is 224 g/mol. The van der Waals surface area contributed by atoms with Crippen LogP contribution in [0.5, 0.6) is 0 Å². The van der Waals surface area contributed by atoms with Gasteiger partial charge in [0.2, 0.25) is 0 Å². The summed E-state index contributed by atoms with van der Waals surface area (Å²) >= 11 is -0.0993. The van der Waals surface area contributed by atoms with Crippen LogP contribution in [0.4, 0.5) is 13.2 Å². The van der Waals surface area contributed by atoms with E-state index in [0.717, 1.165) is 0 Å². The Kier molecular flexibility index (Phi) is 6.43. The number of benzene rings is 1. The largest absolute Gasteiger partial charge is 0.446 e. The Labute approximate surface area is 84.1 Å². The molecule has 0 aromatic heterocycles. The summed E-state index contributed by atoms with van der Waals surface area (Å²) in [4.78, 5) is 0.222. The van der Waals surface area contributed by atoms with E-state index in [-0.39, 0.29) is 16.7 Å². The molecule has 0 unspecified atom stereocenters. The zero-order valence-electron chi connectivity index (χ0n) is 7.03. The second-order valence-corrected chi connectivity index (χ2v) is 3.14. The van der Waals surface area contributed by atoms with Crippen molar-refractivity contribution in [3.8, 4) is 0 Å². The van der Waals surface area contributed by atoms with Gasteiger partial charge in [-0.2, -0.15) is 13.2 Å². The first kappa shape index (κ1) is 13.3.